The number of fused-ring (bicyclic) bond motifs is 1. The van der Waals surface area contributed by atoms with Crippen LogP contribution >= 0.6 is 0 Å². The molecule has 5 heteroatoms. The van der Waals surface area contributed by atoms with Crippen molar-refractivity contribution < 1.29 is 19.1 Å². The number of carbonyl (C=O) groups is 2. The number of hydrogen-bond acceptors (Lipinski definition) is 2. The number of rotatable bonds is 2. The van der Waals surface area contributed by atoms with Gasteiger partial charge in [-0.05, 0) is 48.9 Å². The number of aliphatic carboxylic acids is 1. The summed E-state index contributed by atoms with van der Waals surface area (Å²) in [6.07, 6.45) is 2.38. The molecule has 21 heavy (non-hydrogen) atoms. The molecule has 112 valence electrons. The molecule has 4 nitrogen and oxygen atoms in total. The third kappa shape index (κ3) is 2.77. The second kappa shape index (κ2) is 5.47. The number of amides is 1. The molecule has 1 aliphatic carbocycles. The normalized spacial score (nSPS) is 24.7. The minimum atomic E-state index is -0.809. The predicted octanol–water partition coefficient (Wildman–Crippen LogP) is 2.21. The summed E-state index contributed by atoms with van der Waals surface area (Å²) in [5.74, 6) is -1.66. The van der Waals surface area contributed by atoms with Gasteiger partial charge in [0.25, 0.3) is 0 Å². The molecule has 2 aliphatic rings. The van der Waals surface area contributed by atoms with Gasteiger partial charge in [-0.2, -0.15) is 0 Å². The van der Waals surface area contributed by atoms with Crippen molar-refractivity contribution in [1.29, 1.82) is 0 Å². The van der Waals surface area contributed by atoms with E-state index in [2.05, 4.69) is 0 Å². The fourth-order valence-corrected chi connectivity index (χ4v) is 3.40. The predicted molar refractivity (Wildman–Crippen MR) is 74.0 cm³/mol. The lowest BCUT2D eigenvalue weighted by Gasteiger charge is -2.31. The lowest BCUT2D eigenvalue weighted by Crippen LogP contribution is -2.39. The number of benzene rings is 1. The van der Waals surface area contributed by atoms with Gasteiger partial charge in [0.1, 0.15) is 5.82 Å². The van der Waals surface area contributed by atoms with Gasteiger partial charge in [0.15, 0.2) is 0 Å². The van der Waals surface area contributed by atoms with Crippen LogP contribution in [0, 0.1) is 17.7 Å². The van der Waals surface area contributed by atoms with Crippen LogP contribution in [-0.4, -0.2) is 28.4 Å². The Kier molecular flexibility index (Phi) is 3.66. The largest absolute Gasteiger partial charge is 0.481 e. The number of carboxylic acid groups (broad SMARTS) is 1. The number of hydrogen-bond donors (Lipinski definition) is 1. The monoisotopic (exact) mass is 291 g/mol. The maximum Gasteiger partial charge on any atom is 0.306 e. The van der Waals surface area contributed by atoms with E-state index < -0.39 is 11.9 Å². The first-order valence-corrected chi connectivity index (χ1v) is 7.33. The van der Waals surface area contributed by atoms with Crippen molar-refractivity contribution in [3.63, 3.8) is 0 Å². The van der Waals surface area contributed by atoms with Crippen molar-refractivity contribution in [1.82, 2.24) is 4.90 Å². The first kappa shape index (κ1) is 14.0. The maximum absolute atomic E-state index is 13.3. The highest BCUT2D eigenvalue weighted by Gasteiger charge is 2.36. The number of nitrogens with zero attached hydrogens (tertiary/aromatic N) is 1. The smallest absolute Gasteiger partial charge is 0.306 e. The summed E-state index contributed by atoms with van der Waals surface area (Å²) in [7, 11) is 0. The molecule has 1 heterocycles. The van der Waals surface area contributed by atoms with Crippen molar-refractivity contribution in [2.75, 3.05) is 6.54 Å². The van der Waals surface area contributed by atoms with E-state index in [0.29, 0.717) is 32.4 Å². The summed E-state index contributed by atoms with van der Waals surface area (Å²) >= 11 is 0. The lowest BCUT2D eigenvalue weighted by molar-refractivity contribution is -0.141. The van der Waals surface area contributed by atoms with Crippen molar-refractivity contribution >= 4 is 11.9 Å². The second-order valence-electron chi connectivity index (χ2n) is 5.97. The second-order valence-corrected chi connectivity index (χ2v) is 5.97. The summed E-state index contributed by atoms with van der Waals surface area (Å²) < 4.78 is 13.3. The van der Waals surface area contributed by atoms with E-state index in [-0.39, 0.29) is 17.6 Å². The molecule has 1 amide bonds. The minimum absolute atomic E-state index is 0.0219. The Morgan fingerprint density at radius 2 is 1.95 bits per heavy atom. The Balaban J connectivity index is 1.69. The number of carboxylic acids is 1. The van der Waals surface area contributed by atoms with E-state index in [1.165, 1.54) is 12.1 Å². The van der Waals surface area contributed by atoms with Crippen LogP contribution in [-0.2, 0) is 22.6 Å². The van der Waals surface area contributed by atoms with Gasteiger partial charge in [-0.1, -0.05) is 6.07 Å². The van der Waals surface area contributed by atoms with Crippen LogP contribution in [0.25, 0.3) is 0 Å². The molecular weight excluding hydrogens is 273 g/mol. The molecule has 0 bridgehead atoms. The Labute approximate surface area is 122 Å². The zero-order valence-electron chi connectivity index (χ0n) is 11.7. The zero-order chi connectivity index (χ0) is 15.0. The molecule has 0 unspecified atom stereocenters. The molecule has 0 aromatic heterocycles. The van der Waals surface area contributed by atoms with Gasteiger partial charge >= 0.3 is 5.97 Å². The molecule has 1 aromatic rings. The van der Waals surface area contributed by atoms with Gasteiger partial charge in [-0.15, -0.1) is 0 Å². The van der Waals surface area contributed by atoms with E-state index in [0.717, 1.165) is 17.5 Å². The summed E-state index contributed by atoms with van der Waals surface area (Å²) in [4.78, 5) is 25.2. The Morgan fingerprint density at radius 1 is 1.19 bits per heavy atom. The fraction of sp³-hybridized carbons (Fsp3) is 0.500. The molecule has 3 rings (SSSR count). The molecule has 1 aromatic carbocycles. The van der Waals surface area contributed by atoms with Crippen LogP contribution in [0.3, 0.4) is 0 Å². The van der Waals surface area contributed by atoms with E-state index in [9.17, 15) is 14.0 Å². The van der Waals surface area contributed by atoms with Crippen molar-refractivity contribution in [3.8, 4) is 0 Å². The molecule has 0 spiro atoms. The highest BCUT2D eigenvalue weighted by molar-refractivity contribution is 5.81. The first-order chi connectivity index (χ1) is 10.0. The summed E-state index contributed by atoms with van der Waals surface area (Å²) in [5.41, 5.74) is 1.96. The average molecular weight is 291 g/mol. The average Bonchev–Trinajstić information content (AvgIpc) is 2.95. The maximum atomic E-state index is 13.3. The van der Waals surface area contributed by atoms with Crippen LogP contribution in [0.5, 0.6) is 0 Å². The Morgan fingerprint density at radius 3 is 2.67 bits per heavy atom. The summed E-state index contributed by atoms with van der Waals surface area (Å²) in [6, 6.07) is 4.72. The van der Waals surface area contributed by atoms with E-state index in [4.69, 9.17) is 5.11 Å². The minimum Gasteiger partial charge on any atom is -0.481 e. The van der Waals surface area contributed by atoms with E-state index in [1.54, 1.807) is 11.0 Å². The first-order valence-electron chi connectivity index (χ1n) is 7.33. The van der Waals surface area contributed by atoms with Gasteiger partial charge in [-0.25, -0.2) is 4.39 Å². The van der Waals surface area contributed by atoms with E-state index in [1.807, 2.05) is 0 Å². The SMILES string of the molecule is O=C(O)[C@@H]1CC[C@H](C(=O)N2CCc3ccc(F)cc3C2)C1. The van der Waals surface area contributed by atoms with Gasteiger partial charge in [0, 0.05) is 19.0 Å². The lowest BCUT2D eigenvalue weighted by atomic mass is 9.97. The molecule has 1 aliphatic heterocycles. The van der Waals surface area contributed by atoms with Crippen molar-refractivity contribution in [3.05, 3.63) is 35.1 Å². The van der Waals surface area contributed by atoms with Crippen LogP contribution in [0.15, 0.2) is 18.2 Å². The number of carbonyl (C=O) groups excluding carboxylic acids is 1. The van der Waals surface area contributed by atoms with Gasteiger partial charge in [0.05, 0.1) is 5.92 Å². The quantitative estimate of drug-likeness (QED) is 0.909. The molecular formula is C16H18FNO3. The van der Waals surface area contributed by atoms with Gasteiger partial charge in [-0.3, -0.25) is 9.59 Å². The van der Waals surface area contributed by atoms with Gasteiger partial charge < -0.3 is 10.0 Å². The summed E-state index contributed by atoms with van der Waals surface area (Å²) in [6.45, 7) is 1.06. The molecule has 1 fully saturated rings. The summed E-state index contributed by atoms with van der Waals surface area (Å²) in [5, 5.41) is 9.02. The topological polar surface area (TPSA) is 57.6 Å². The standard InChI is InChI=1S/C16H18FNO3/c17-14-4-3-10-5-6-18(9-13(10)8-14)15(19)11-1-2-12(7-11)16(20)21/h3-4,8,11-12H,1-2,5-7,9H2,(H,20,21)/t11-,12+/m0/s1. The van der Waals surface area contributed by atoms with Gasteiger partial charge in [0.2, 0.25) is 5.91 Å². The van der Waals surface area contributed by atoms with Crippen LogP contribution < -0.4 is 0 Å². The molecule has 2 atom stereocenters. The molecule has 0 radical (unpaired) electrons. The third-order valence-corrected chi connectivity index (χ3v) is 4.62. The van der Waals surface area contributed by atoms with E-state index >= 15 is 0 Å². The number of halogens is 1. The van der Waals surface area contributed by atoms with Crippen LogP contribution in [0.2, 0.25) is 0 Å². The fourth-order valence-electron chi connectivity index (χ4n) is 3.40. The zero-order valence-corrected chi connectivity index (χ0v) is 11.7. The Bertz CT molecular complexity index is 587. The van der Waals surface area contributed by atoms with Crippen LogP contribution in [0.4, 0.5) is 4.39 Å². The van der Waals surface area contributed by atoms with Crippen molar-refractivity contribution in [2.24, 2.45) is 11.8 Å². The highest BCUT2D eigenvalue weighted by Crippen LogP contribution is 2.33. The molecule has 1 saturated carbocycles. The Hall–Kier alpha value is -1.91. The van der Waals surface area contributed by atoms with Crippen molar-refractivity contribution in [2.45, 2.75) is 32.2 Å². The molecule has 1 N–H and O–H groups in total. The van der Waals surface area contributed by atoms with Crippen LogP contribution in [0.1, 0.15) is 30.4 Å². The third-order valence-electron chi connectivity index (χ3n) is 4.62. The molecule has 0 saturated heterocycles. The highest BCUT2D eigenvalue weighted by atomic mass is 19.1.